The lowest BCUT2D eigenvalue weighted by molar-refractivity contribution is -0.142. The molecule has 0 radical (unpaired) electrons. The monoisotopic (exact) mass is 398 g/mol. The topological polar surface area (TPSA) is 59.4 Å². The van der Waals surface area contributed by atoms with E-state index in [1.807, 2.05) is 42.2 Å². The Morgan fingerprint density at radius 1 is 1.35 bits per heavy atom. The molecule has 1 aromatic heterocycles. The Morgan fingerprint density at radius 3 is 2.73 bits per heavy atom. The fourth-order valence-corrected chi connectivity index (χ4v) is 3.40. The predicted octanol–water partition coefficient (Wildman–Crippen LogP) is 2.57. The maximum atomic E-state index is 13.2. The molecule has 6 nitrogen and oxygen atoms in total. The zero-order valence-corrected chi connectivity index (χ0v) is 16.3. The van der Waals surface area contributed by atoms with Crippen LogP contribution in [0.5, 0.6) is 5.75 Å². The van der Waals surface area contributed by atoms with Gasteiger partial charge in [-0.15, -0.1) is 12.4 Å². The third kappa shape index (κ3) is 4.31. The lowest BCUT2D eigenvalue weighted by Gasteiger charge is -2.39. The molecule has 1 aliphatic heterocycles. The van der Waals surface area contributed by atoms with Crippen molar-refractivity contribution in [3.63, 3.8) is 0 Å². The molecule has 1 fully saturated rings. The van der Waals surface area contributed by atoms with Gasteiger partial charge < -0.3 is 15.0 Å². The summed E-state index contributed by atoms with van der Waals surface area (Å²) in [7, 11) is 1.81. The van der Waals surface area contributed by atoms with Crippen LogP contribution in [0.15, 0.2) is 42.7 Å². The minimum atomic E-state index is -0.617. The van der Waals surface area contributed by atoms with Crippen molar-refractivity contribution in [3.8, 4) is 5.75 Å². The Morgan fingerprint density at radius 2 is 2.08 bits per heavy atom. The normalized spacial score (nSPS) is 15.8. The highest BCUT2D eigenvalue weighted by atomic mass is 35.5. The number of benzene rings is 1. The molecule has 0 saturated carbocycles. The van der Waals surface area contributed by atoms with Crippen LogP contribution in [0.25, 0.3) is 0 Å². The molecular formula is C18H24Cl2N4O2. The number of rotatable bonds is 6. The number of aromatic nitrogens is 2. The highest BCUT2D eigenvalue weighted by molar-refractivity contribution is 6.32. The van der Waals surface area contributed by atoms with E-state index in [2.05, 4.69) is 10.4 Å². The summed E-state index contributed by atoms with van der Waals surface area (Å²) in [5.41, 5.74) is -0.617. The highest BCUT2D eigenvalue weighted by Crippen LogP contribution is 2.29. The van der Waals surface area contributed by atoms with Gasteiger partial charge in [-0.2, -0.15) is 5.10 Å². The molecule has 2 aromatic rings. The van der Waals surface area contributed by atoms with Crippen molar-refractivity contribution in [3.05, 3.63) is 47.7 Å². The summed E-state index contributed by atoms with van der Waals surface area (Å²) in [6.45, 7) is 2.48. The first-order chi connectivity index (χ1) is 12.1. The molecule has 1 aliphatic rings. The molecular weight excluding hydrogens is 375 g/mol. The van der Waals surface area contributed by atoms with E-state index in [1.54, 1.807) is 17.2 Å². The van der Waals surface area contributed by atoms with Gasteiger partial charge in [-0.3, -0.25) is 9.48 Å². The molecule has 3 rings (SSSR count). The van der Waals surface area contributed by atoms with Crippen LogP contribution in [0.1, 0.15) is 12.8 Å². The molecule has 142 valence electrons. The lowest BCUT2D eigenvalue weighted by Crippen LogP contribution is -2.55. The lowest BCUT2D eigenvalue weighted by atomic mass is 9.87. The van der Waals surface area contributed by atoms with Crippen molar-refractivity contribution in [2.75, 3.05) is 33.3 Å². The Kier molecular flexibility index (Phi) is 7.32. The number of carbonyl (C=O) groups is 1. The first-order valence-corrected chi connectivity index (χ1v) is 8.85. The van der Waals surface area contributed by atoms with Gasteiger partial charge in [0.05, 0.1) is 11.6 Å². The number of nitrogens with zero attached hydrogens (tertiary/aromatic N) is 3. The molecule has 0 atom stereocenters. The number of ether oxygens (including phenoxy) is 1. The molecule has 0 bridgehead atoms. The molecule has 1 amide bonds. The average Bonchev–Trinajstić information content (AvgIpc) is 3.18. The number of carbonyl (C=O) groups excluding carboxylic acids is 1. The van der Waals surface area contributed by atoms with Crippen molar-refractivity contribution in [1.29, 1.82) is 0 Å². The molecule has 1 saturated heterocycles. The van der Waals surface area contributed by atoms with E-state index < -0.39 is 5.54 Å². The molecule has 1 aromatic carbocycles. The molecule has 0 unspecified atom stereocenters. The van der Waals surface area contributed by atoms with Crippen LogP contribution in [-0.4, -0.2) is 53.9 Å². The fraction of sp³-hybridized carbons (Fsp3) is 0.444. The second-order valence-electron chi connectivity index (χ2n) is 6.24. The standard InChI is InChI=1S/C18H23ClN4O2.ClH/c1-22(13-14-25-16-6-3-2-5-15(16)19)17(24)18(7-10-20-11-8-18)23-12-4-9-21-23;/h2-6,9,12,20H,7-8,10-11,13-14H2,1H3;1H. The molecule has 26 heavy (non-hydrogen) atoms. The van der Waals surface area contributed by atoms with Gasteiger partial charge in [-0.1, -0.05) is 23.7 Å². The van der Waals surface area contributed by atoms with E-state index in [-0.39, 0.29) is 18.3 Å². The Hall–Kier alpha value is -1.76. The first kappa shape index (κ1) is 20.6. The van der Waals surface area contributed by atoms with Crippen LogP contribution in [-0.2, 0) is 10.3 Å². The van der Waals surface area contributed by atoms with Crippen molar-refractivity contribution in [2.45, 2.75) is 18.4 Å². The molecule has 0 spiro atoms. The number of nitrogens with one attached hydrogen (secondary N) is 1. The van der Waals surface area contributed by atoms with Gasteiger partial charge in [0.25, 0.3) is 5.91 Å². The third-order valence-electron chi connectivity index (χ3n) is 4.64. The predicted molar refractivity (Wildman–Crippen MR) is 104 cm³/mol. The van der Waals surface area contributed by atoms with Crippen molar-refractivity contribution >= 4 is 29.9 Å². The minimum Gasteiger partial charge on any atom is -0.490 e. The minimum absolute atomic E-state index is 0. The summed E-state index contributed by atoms with van der Waals surface area (Å²) in [5.74, 6) is 0.703. The zero-order valence-electron chi connectivity index (χ0n) is 14.7. The van der Waals surface area contributed by atoms with Crippen molar-refractivity contribution in [1.82, 2.24) is 20.0 Å². The van der Waals surface area contributed by atoms with Crippen LogP contribution in [0.2, 0.25) is 5.02 Å². The molecule has 2 heterocycles. The highest BCUT2D eigenvalue weighted by Gasteiger charge is 2.43. The van der Waals surface area contributed by atoms with Crippen LogP contribution in [0.3, 0.4) is 0 Å². The number of piperidine rings is 1. The Balaban J connectivity index is 0.00000243. The summed E-state index contributed by atoms with van der Waals surface area (Å²) in [6, 6.07) is 9.20. The quantitative estimate of drug-likeness (QED) is 0.811. The van der Waals surface area contributed by atoms with E-state index in [9.17, 15) is 4.79 Å². The van der Waals surface area contributed by atoms with Gasteiger partial charge in [0, 0.05) is 19.4 Å². The second-order valence-corrected chi connectivity index (χ2v) is 6.65. The Bertz CT molecular complexity index is 703. The fourth-order valence-electron chi connectivity index (χ4n) is 3.21. The van der Waals surface area contributed by atoms with E-state index in [1.165, 1.54) is 0 Å². The van der Waals surface area contributed by atoms with Gasteiger partial charge in [0.2, 0.25) is 0 Å². The van der Waals surface area contributed by atoms with Crippen LogP contribution in [0, 0.1) is 0 Å². The van der Waals surface area contributed by atoms with Crippen LogP contribution >= 0.6 is 24.0 Å². The number of hydrogen-bond acceptors (Lipinski definition) is 4. The van der Waals surface area contributed by atoms with Gasteiger partial charge in [-0.25, -0.2) is 0 Å². The van der Waals surface area contributed by atoms with Crippen LogP contribution < -0.4 is 10.1 Å². The third-order valence-corrected chi connectivity index (χ3v) is 4.95. The van der Waals surface area contributed by atoms with Crippen LogP contribution in [0.4, 0.5) is 0 Å². The number of amides is 1. The summed E-state index contributed by atoms with van der Waals surface area (Å²) >= 11 is 6.09. The number of likely N-dealkylation sites (N-methyl/N-ethyl adjacent to an activating group) is 1. The molecule has 8 heteroatoms. The maximum Gasteiger partial charge on any atom is 0.250 e. The SMILES string of the molecule is CN(CCOc1ccccc1Cl)C(=O)C1(n2cccn2)CCNCC1.Cl. The van der Waals surface area contributed by atoms with E-state index in [0.717, 1.165) is 25.9 Å². The number of halogens is 2. The largest absolute Gasteiger partial charge is 0.490 e. The molecule has 0 aliphatic carbocycles. The molecule has 1 N–H and O–H groups in total. The maximum absolute atomic E-state index is 13.2. The zero-order chi connectivity index (χ0) is 17.7. The van der Waals surface area contributed by atoms with Gasteiger partial charge in [0.15, 0.2) is 0 Å². The Labute approximate surface area is 164 Å². The van der Waals surface area contributed by atoms with Crippen molar-refractivity contribution in [2.24, 2.45) is 0 Å². The summed E-state index contributed by atoms with van der Waals surface area (Å²) < 4.78 is 7.52. The second kappa shape index (κ2) is 9.26. The summed E-state index contributed by atoms with van der Waals surface area (Å²) in [6.07, 6.45) is 5.04. The number of para-hydroxylation sites is 1. The van der Waals surface area contributed by atoms with Gasteiger partial charge in [-0.05, 0) is 44.1 Å². The van der Waals surface area contributed by atoms with E-state index in [0.29, 0.717) is 23.9 Å². The first-order valence-electron chi connectivity index (χ1n) is 8.47. The number of hydrogen-bond donors (Lipinski definition) is 1. The smallest absolute Gasteiger partial charge is 0.250 e. The van der Waals surface area contributed by atoms with E-state index in [4.69, 9.17) is 16.3 Å². The van der Waals surface area contributed by atoms with Gasteiger partial charge in [0.1, 0.15) is 17.9 Å². The van der Waals surface area contributed by atoms with Gasteiger partial charge >= 0.3 is 0 Å². The van der Waals surface area contributed by atoms with E-state index >= 15 is 0 Å². The van der Waals surface area contributed by atoms with Crippen molar-refractivity contribution < 1.29 is 9.53 Å². The average molecular weight is 399 g/mol. The summed E-state index contributed by atoms with van der Waals surface area (Å²) in [4.78, 5) is 14.9. The summed E-state index contributed by atoms with van der Waals surface area (Å²) in [5, 5.41) is 8.23.